The van der Waals surface area contributed by atoms with Crippen molar-refractivity contribution in [3.63, 3.8) is 0 Å². The number of esters is 2. The first-order valence-electron chi connectivity index (χ1n) is 9.63. The molecule has 3 unspecified atom stereocenters. The summed E-state index contributed by atoms with van der Waals surface area (Å²) < 4.78 is 4.27. The van der Waals surface area contributed by atoms with E-state index in [2.05, 4.69) is 55.7 Å². The van der Waals surface area contributed by atoms with E-state index in [0.717, 1.165) is 6.42 Å². The summed E-state index contributed by atoms with van der Waals surface area (Å²) in [6, 6.07) is 0. The van der Waals surface area contributed by atoms with Crippen LogP contribution in [0.5, 0.6) is 0 Å². The molecule has 1 aliphatic heterocycles. The molecule has 0 saturated carbocycles. The molecule has 0 aromatic heterocycles. The number of carbonyl (C=O) groups excluding carboxylic acids is 2. The predicted molar refractivity (Wildman–Crippen MR) is 110 cm³/mol. The molecule has 0 radical (unpaired) electrons. The SMILES string of the molecule is CCCCCCCCCCCC=CC(C)(Br)C(Br)C1CC(=O)OC1=O. The van der Waals surface area contributed by atoms with Gasteiger partial charge < -0.3 is 4.74 Å². The third-order valence-electron chi connectivity index (χ3n) is 4.71. The van der Waals surface area contributed by atoms with Gasteiger partial charge in [0.05, 0.1) is 16.7 Å². The smallest absolute Gasteiger partial charge is 0.318 e. The van der Waals surface area contributed by atoms with Crippen molar-refractivity contribution in [2.24, 2.45) is 5.92 Å². The average Bonchev–Trinajstić information content (AvgIpc) is 2.90. The molecular formula is C20H32Br2O3. The van der Waals surface area contributed by atoms with Crippen LogP contribution in [0.1, 0.15) is 84.5 Å². The molecule has 3 nitrogen and oxygen atoms in total. The second-order valence-electron chi connectivity index (χ2n) is 7.18. The molecule has 1 saturated heterocycles. The average molecular weight is 480 g/mol. The number of rotatable bonds is 13. The van der Waals surface area contributed by atoms with Crippen LogP contribution in [0.4, 0.5) is 0 Å². The minimum Gasteiger partial charge on any atom is -0.393 e. The van der Waals surface area contributed by atoms with Crippen LogP contribution in [0.2, 0.25) is 0 Å². The molecule has 0 aromatic carbocycles. The van der Waals surface area contributed by atoms with Gasteiger partial charge in [0.2, 0.25) is 0 Å². The van der Waals surface area contributed by atoms with E-state index in [4.69, 9.17) is 0 Å². The number of allylic oxidation sites excluding steroid dienone is 2. The van der Waals surface area contributed by atoms with Gasteiger partial charge in [-0.2, -0.15) is 0 Å². The van der Waals surface area contributed by atoms with Crippen molar-refractivity contribution in [2.75, 3.05) is 0 Å². The Morgan fingerprint density at radius 1 is 1.12 bits per heavy atom. The molecule has 0 aliphatic carbocycles. The molecule has 25 heavy (non-hydrogen) atoms. The van der Waals surface area contributed by atoms with E-state index in [1.165, 1.54) is 57.8 Å². The van der Waals surface area contributed by atoms with Crippen LogP contribution >= 0.6 is 31.9 Å². The van der Waals surface area contributed by atoms with Crippen LogP contribution < -0.4 is 0 Å². The van der Waals surface area contributed by atoms with Crippen LogP contribution in [0.15, 0.2) is 12.2 Å². The van der Waals surface area contributed by atoms with Crippen molar-refractivity contribution in [2.45, 2.75) is 93.6 Å². The molecular weight excluding hydrogens is 448 g/mol. The van der Waals surface area contributed by atoms with Crippen LogP contribution in [0, 0.1) is 5.92 Å². The molecule has 0 spiro atoms. The molecule has 0 amide bonds. The zero-order valence-electron chi connectivity index (χ0n) is 15.6. The highest BCUT2D eigenvalue weighted by molar-refractivity contribution is 9.12. The Morgan fingerprint density at radius 3 is 2.20 bits per heavy atom. The topological polar surface area (TPSA) is 43.4 Å². The molecule has 144 valence electrons. The normalized spacial score (nSPS) is 21.5. The summed E-state index contributed by atoms with van der Waals surface area (Å²) in [5, 5.41) is 0. The molecule has 1 fully saturated rings. The summed E-state index contributed by atoms with van der Waals surface area (Å²) in [5.74, 6) is -1.28. The van der Waals surface area contributed by atoms with Crippen molar-refractivity contribution < 1.29 is 14.3 Å². The Balaban J connectivity index is 2.17. The maximum Gasteiger partial charge on any atom is 0.318 e. The first kappa shape index (κ1) is 22.9. The van der Waals surface area contributed by atoms with Gasteiger partial charge in [0, 0.05) is 4.83 Å². The van der Waals surface area contributed by atoms with Gasteiger partial charge >= 0.3 is 11.9 Å². The second-order valence-corrected chi connectivity index (χ2v) is 9.87. The summed E-state index contributed by atoms with van der Waals surface area (Å²) in [6.45, 7) is 4.26. The van der Waals surface area contributed by atoms with E-state index in [1.54, 1.807) is 0 Å². The highest BCUT2D eigenvalue weighted by Crippen LogP contribution is 2.38. The third-order valence-corrected chi connectivity index (χ3v) is 7.68. The molecule has 0 bridgehead atoms. The zero-order valence-corrected chi connectivity index (χ0v) is 18.7. The highest BCUT2D eigenvalue weighted by atomic mass is 79.9. The number of ether oxygens (including phenoxy) is 1. The Hall–Kier alpha value is -0.160. The summed E-state index contributed by atoms with van der Waals surface area (Å²) >= 11 is 7.25. The lowest BCUT2D eigenvalue weighted by Crippen LogP contribution is -2.35. The molecule has 1 rings (SSSR count). The fourth-order valence-corrected chi connectivity index (χ4v) is 4.15. The number of hydrogen-bond acceptors (Lipinski definition) is 3. The number of halogens is 2. The fraction of sp³-hybridized carbons (Fsp3) is 0.800. The molecule has 0 aromatic rings. The summed E-state index contributed by atoms with van der Waals surface area (Å²) in [4.78, 5) is 22.8. The Kier molecular flexibility index (Phi) is 11.2. The Morgan fingerprint density at radius 2 is 1.68 bits per heavy atom. The monoisotopic (exact) mass is 478 g/mol. The first-order valence-corrected chi connectivity index (χ1v) is 11.3. The van der Waals surface area contributed by atoms with Gasteiger partial charge in [0.1, 0.15) is 0 Å². The molecule has 1 heterocycles. The number of cyclic esters (lactones) is 2. The second kappa shape index (κ2) is 12.3. The largest absolute Gasteiger partial charge is 0.393 e. The van der Waals surface area contributed by atoms with Gasteiger partial charge in [-0.25, -0.2) is 0 Å². The van der Waals surface area contributed by atoms with E-state index < -0.39 is 17.9 Å². The van der Waals surface area contributed by atoms with Crippen LogP contribution in [0.3, 0.4) is 0 Å². The van der Waals surface area contributed by atoms with Gasteiger partial charge in [0.25, 0.3) is 0 Å². The van der Waals surface area contributed by atoms with Crippen LogP contribution in [-0.4, -0.2) is 21.1 Å². The van der Waals surface area contributed by atoms with E-state index in [-0.39, 0.29) is 15.6 Å². The molecule has 3 atom stereocenters. The molecule has 5 heteroatoms. The summed E-state index contributed by atoms with van der Waals surface area (Å²) in [6.07, 6.45) is 17.4. The summed E-state index contributed by atoms with van der Waals surface area (Å²) in [5.41, 5.74) is 0. The van der Waals surface area contributed by atoms with Crippen LogP contribution in [0.25, 0.3) is 0 Å². The van der Waals surface area contributed by atoms with Gasteiger partial charge in [-0.3, -0.25) is 9.59 Å². The minimum absolute atomic E-state index is 0.155. The number of unbranched alkanes of at least 4 members (excludes halogenated alkanes) is 9. The number of carbonyl (C=O) groups is 2. The maximum atomic E-state index is 11.7. The number of alkyl halides is 2. The lowest BCUT2D eigenvalue weighted by Gasteiger charge is -2.27. The van der Waals surface area contributed by atoms with E-state index in [9.17, 15) is 9.59 Å². The van der Waals surface area contributed by atoms with E-state index in [0.29, 0.717) is 0 Å². The molecule has 1 aliphatic rings. The zero-order chi connectivity index (χ0) is 18.7. The Labute approximate surface area is 169 Å². The van der Waals surface area contributed by atoms with Crippen molar-refractivity contribution in [1.82, 2.24) is 0 Å². The van der Waals surface area contributed by atoms with Gasteiger partial charge in [0.15, 0.2) is 0 Å². The molecule has 0 N–H and O–H groups in total. The standard InChI is InChI=1S/C20H32Br2O3/c1-3-4-5-6-7-8-9-10-11-12-13-14-20(2,22)18(21)16-15-17(23)25-19(16)24/h13-14,16,18H,3-12,15H2,1-2H3. The third kappa shape index (κ3) is 8.85. The van der Waals surface area contributed by atoms with Crippen molar-refractivity contribution in [3.05, 3.63) is 12.2 Å². The van der Waals surface area contributed by atoms with Crippen molar-refractivity contribution in [1.29, 1.82) is 0 Å². The lowest BCUT2D eigenvalue weighted by atomic mass is 9.93. The highest BCUT2D eigenvalue weighted by Gasteiger charge is 2.44. The van der Waals surface area contributed by atoms with Crippen LogP contribution in [-0.2, 0) is 14.3 Å². The minimum atomic E-state index is -0.429. The van der Waals surface area contributed by atoms with Gasteiger partial charge in [-0.15, -0.1) is 0 Å². The lowest BCUT2D eigenvalue weighted by molar-refractivity contribution is -0.153. The maximum absolute atomic E-state index is 11.7. The Bertz CT molecular complexity index is 446. The predicted octanol–water partition coefficient (Wildman–Crippen LogP) is 6.47. The van der Waals surface area contributed by atoms with Crippen molar-refractivity contribution >= 4 is 43.8 Å². The first-order chi connectivity index (χ1) is 11.9. The number of hydrogen-bond donors (Lipinski definition) is 0. The summed E-state index contributed by atoms with van der Waals surface area (Å²) in [7, 11) is 0. The fourth-order valence-electron chi connectivity index (χ4n) is 3.09. The van der Waals surface area contributed by atoms with E-state index >= 15 is 0 Å². The van der Waals surface area contributed by atoms with Gasteiger partial charge in [-0.05, 0) is 19.8 Å². The van der Waals surface area contributed by atoms with Crippen molar-refractivity contribution in [3.8, 4) is 0 Å². The van der Waals surface area contributed by atoms with Gasteiger partial charge in [-0.1, -0.05) is 102 Å². The van der Waals surface area contributed by atoms with E-state index in [1.807, 2.05) is 6.92 Å². The quantitative estimate of drug-likeness (QED) is 0.0998.